The van der Waals surface area contributed by atoms with Crippen LogP contribution in [0.25, 0.3) is 6.08 Å². The maximum absolute atomic E-state index is 12.0. The van der Waals surface area contributed by atoms with E-state index in [4.69, 9.17) is 0 Å². The molecule has 2 aromatic carbocycles. The summed E-state index contributed by atoms with van der Waals surface area (Å²) < 4.78 is 0. The van der Waals surface area contributed by atoms with Crippen LogP contribution in [0.3, 0.4) is 0 Å². The second kappa shape index (κ2) is 7.79. The van der Waals surface area contributed by atoms with E-state index in [0.717, 1.165) is 5.56 Å². The zero-order chi connectivity index (χ0) is 18.4. The van der Waals surface area contributed by atoms with Crippen molar-refractivity contribution in [2.45, 2.75) is 26.2 Å². The number of carbonyl (C=O) groups excluding carboxylic acids is 2. The average molecular weight is 336 g/mol. The smallest absolute Gasteiger partial charge is 0.251 e. The van der Waals surface area contributed by atoms with Gasteiger partial charge in [0.1, 0.15) is 0 Å². The van der Waals surface area contributed by atoms with E-state index < -0.39 is 0 Å². The van der Waals surface area contributed by atoms with Crippen molar-refractivity contribution in [2.24, 2.45) is 0 Å². The summed E-state index contributed by atoms with van der Waals surface area (Å²) >= 11 is 0. The van der Waals surface area contributed by atoms with Crippen LogP contribution in [-0.2, 0) is 10.2 Å². The first kappa shape index (κ1) is 18.5. The minimum atomic E-state index is -0.215. The zero-order valence-electron chi connectivity index (χ0n) is 15.1. The zero-order valence-corrected chi connectivity index (χ0v) is 15.1. The van der Waals surface area contributed by atoms with Crippen LogP contribution >= 0.6 is 0 Å². The van der Waals surface area contributed by atoms with Gasteiger partial charge in [0.25, 0.3) is 5.91 Å². The van der Waals surface area contributed by atoms with Gasteiger partial charge >= 0.3 is 0 Å². The number of nitrogens with one attached hydrogen (secondary N) is 2. The lowest BCUT2D eigenvalue weighted by atomic mass is 9.87. The van der Waals surface area contributed by atoms with E-state index in [2.05, 4.69) is 43.5 Å². The fourth-order valence-corrected chi connectivity index (χ4v) is 2.30. The van der Waals surface area contributed by atoms with Gasteiger partial charge in [-0.1, -0.05) is 45.0 Å². The van der Waals surface area contributed by atoms with Gasteiger partial charge in [0.2, 0.25) is 5.91 Å². The van der Waals surface area contributed by atoms with Gasteiger partial charge in [-0.3, -0.25) is 9.59 Å². The number of benzene rings is 2. The quantitative estimate of drug-likeness (QED) is 0.829. The minimum Gasteiger partial charge on any atom is -0.355 e. The number of anilines is 1. The van der Waals surface area contributed by atoms with Crippen LogP contribution in [0.5, 0.6) is 0 Å². The van der Waals surface area contributed by atoms with Gasteiger partial charge in [0, 0.05) is 24.4 Å². The normalized spacial score (nSPS) is 11.4. The van der Waals surface area contributed by atoms with Crippen molar-refractivity contribution < 1.29 is 9.59 Å². The lowest BCUT2D eigenvalue weighted by Crippen LogP contribution is -2.17. The average Bonchev–Trinajstić information content (AvgIpc) is 2.59. The molecule has 0 saturated heterocycles. The molecule has 0 radical (unpaired) electrons. The van der Waals surface area contributed by atoms with Crippen molar-refractivity contribution in [2.75, 3.05) is 12.4 Å². The van der Waals surface area contributed by atoms with Gasteiger partial charge in [-0.05, 0) is 46.9 Å². The minimum absolute atomic E-state index is 0.112. The maximum Gasteiger partial charge on any atom is 0.251 e. The van der Waals surface area contributed by atoms with E-state index in [1.807, 2.05) is 12.1 Å². The topological polar surface area (TPSA) is 58.2 Å². The molecule has 0 spiro atoms. The van der Waals surface area contributed by atoms with Crippen LogP contribution in [0.1, 0.15) is 42.3 Å². The molecule has 0 fully saturated rings. The molecule has 2 amide bonds. The molecule has 0 aliphatic rings. The van der Waals surface area contributed by atoms with Crippen molar-refractivity contribution in [3.63, 3.8) is 0 Å². The lowest BCUT2D eigenvalue weighted by molar-refractivity contribution is -0.111. The van der Waals surface area contributed by atoms with Crippen LogP contribution in [0.2, 0.25) is 0 Å². The fourth-order valence-electron chi connectivity index (χ4n) is 2.30. The molecule has 130 valence electrons. The first-order valence-electron chi connectivity index (χ1n) is 8.21. The van der Waals surface area contributed by atoms with Crippen LogP contribution in [0.4, 0.5) is 5.69 Å². The van der Waals surface area contributed by atoms with Crippen LogP contribution in [-0.4, -0.2) is 18.9 Å². The molecule has 2 aromatic rings. The number of carbonyl (C=O) groups is 2. The van der Waals surface area contributed by atoms with Crippen molar-refractivity contribution in [1.29, 1.82) is 0 Å². The van der Waals surface area contributed by atoms with Gasteiger partial charge in [-0.2, -0.15) is 0 Å². The molecule has 0 saturated carbocycles. The summed E-state index contributed by atoms with van der Waals surface area (Å²) in [7, 11) is 1.58. The molecule has 0 heterocycles. The highest BCUT2D eigenvalue weighted by molar-refractivity contribution is 6.02. The Kier molecular flexibility index (Phi) is 5.75. The summed E-state index contributed by atoms with van der Waals surface area (Å²) in [5.41, 5.74) is 3.53. The van der Waals surface area contributed by atoms with Crippen LogP contribution in [0.15, 0.2) is 54.6 Å². The van der Waals surface area contributed by atoms with Crippen molar-refractivity contribution in [3.05, 3.63) is 71.3 Å². The van der Waals surface area contributed by atoms with Gasteiger partial charge in [-0.15, -0.1) is 0 Å². The predicted octanol–water partition coefficient (Wildman–Crippen LogP) is 4.00. The molecule has 0 atom stereocenters. The Bertz CT molecular complexity index is 767. The van der Waals surface area contributed by atoms with E-state index in [9.17, 15) is 9.59 Å². The van der Waals surface area contributed by atoms with E-state index in [1.165, 1.54) is 11.6 Å². The second-order valence-corrected chi connectivity index (χ2v) is 6.85. The Hall–Kier alpha value is -2.88. The predicted molar refractivity (Wildman–Crippen MR) is 103 cm³/mol. The van der Waals surface area contributed by atoms with Gasteiger partial charge < -0.3 is 10.6 Å². The molecule has 2 rings (SSSR count). The highest BCUT2D eigenvalue weighted by atomic mass is 16.2. The molecule has 0 unspecified atom stereocenters. The van der Waals surface area contributed by atoms with Crippen molar-refractivity contribution >= 4 is 23.6 Å². The Morgan fingerprint density at radius 3 is 2.04 bits per heavy atom. The molecule has 4 heteroatoms. The Morgan fingerprint density at radius 1 is 0.920 bits per heavy atom. The number of amides is 2. The molecule has 0 aliphatic carbocycles. The summed E-state index contributed by atoms with van der Waals surface area (Å²) in [5.74, 6) is -0.371. The Labute approximate surface area is 149 Å². The third-order valence-corrected chi connectivity index (χ3v) is 3.85. The number of rotatable bonds is 4. The second-order valence-electron chi connectivity index (χ2n) is 6.85. The SMILES string of the molecule is CNC(=O)c1ccc(NC(=O)/C=C/c2ccc(C(C)(C)C)cc2)cc1. The first-order chi connectivity index (χ1) is 11.8. The molecule has 0 bridgehead atoms. The van der Waals surface area contributed by atoms with Crippen LogP contribution in [0, 0.1) is 0 Å². The number of hydrogen-bond acceptors (Lipinski definition) is 2. The van der Waals surface area contributed by atoms with Crippen molar-refractivity contribution in [1.82, 2.24) is 5.32 Å². The standard InChI is InChI=1S/C21H24N2O2/c1-21(2,3)17-10-5-15(6-11-17)7-14-19(24)23-18-12-8-16(9-13-18)20(25)22-4/h5-14H,1-4H3,(H,22,25)(H,23,24)/b14-7+. The highest BCUT2D eigenvalue weighted by Gasteiger charge is 2.12. The monoisotopic (exact) mass is 336 g/mol. The summed E-state index contributed by atoms with van der Waals surface area (Å²) in [4.78, 5) is 23.5. The third kappa shape index (κ3) is 5.31. The fraction of sp³-hybridized carbons (Fsp3) is 0.238. The van der Waals surface area contributed by atoms with E-state index in [1.54, 1.807) is 37.4 Å². The Balaban J connectivity index is 1.97. The van der Waals surface area contributed by atoms with Gasteiger partial charge in [-0.25, -0.2) is 0 Å². The maximum atomic E-state index is 12.0. The molecule has 0 aliphatic heterocycles. The molecule has 25 heavy (non-hydrogen) atoms. The molecule has 2 N–H and O–H groups in total. The van der Waals surface area contributed by atoms with Crippen molar-refractivity contribution in [3.8, 4) is 0 Å². The summed E-state index contributed by atoms with van der Waals surface area (Å²) in [6, 6.07) is 14.9. The molecular weight excluding hydrogens is 312 g/mol. The number of hydrogen-bond donors (Lipinski definition) is 2. The molecule has 4 nitrogen and oxygen atoms in total. The van der Waals surface area contributed by atoms with E-state index >= 15 is 0 Å². The molecule has 0 aromatic heterocycles. The third-order valence-electron chi connectivity index (χ3n) is 3.85. The van der Waals surface area contributed by atoms with Gasteiger partial charge in [0.15, 0.2) is 0 Å². The lowest BCUT2D eigenvalue weighted by Gasteiger charge is -2.18. The van der Waals surface area contributed by atoms with E-state index in [0.29, 0.717) is 11.3 Å². The van der Waals surface area contributed by atoms with Gasteiger partial charge in [0.05, 0.1) is 0 Å². The Morgan fingerprint density at radius 2 is 1.52 bits per heavy atom. The van der Waals surface area contributed by atoms with E-state index in [-0.39, 0.29) is 17.2 Å². The van der Waals surface area contributed by atoms with Crippen LogP contribution < -0.4 is 10.6 Å². The highest BCUT2D eigenvalue weighted by Crippen LogP contribution is 2.22. The summed E-state index contributed by atoms with van der Waals surface area (Å²) in [5, 5.41) is 5.33. The molecular formula is C21H24N2O2. The summed E-state index contributed by atoms with van der Waals surface area (Å²) in [6.45, 7) is 6.50. The first-order valence-corrected chi connectivity index (χ1v) is 8.21. The largest absolute Gasteiger partial charge is 0.355 e. The summed E-state index contributed by atoms with van der Waals surface area (Å²) in [6.07, 6.45) is 3.28.